The summed E-state index contributed by atoms with van der Waals surface area (Å²) in [6.45, 7) is 4.58. The van der Waals surface area contributed by atoms with E-state index in [4.69, 9.17) is 12.8 Å². The summed E-state index contributed by atoms with van der Waals surface area (Å²) in [6.07, 6.45) is 31.7. The molecule has 1 saturated carbocycles. The number of unbranched alkanes of at least 4 members (excludes halogenated alkanes) is 8. The largest absolute Gasteiger partial charge is 0.120 e. The summed E-state index contributed by atoms with van der Waals surface area (Å²) in [4.78, 5) is 0. The highest BCUT2D eigenvalue weighted by atomic mass is 14.3. The maximum Gasteiger partial charge on any atom is 0.00887 e. The Bertz CT molecular complexity index is 327. The van der Waals surface area contributed by atoms with Crippen LogP contribution in [0, 0.1) is 36.5 Å². The first-order valence-electron chi connectivity index (χ1n) is 10.7. The molecule has 24 heavy (non-hydrogen) atoms. The third kappa shape index (κ3) is 13.5. The second kappa shape index (κ2) is 18.5. The van der Waals surface area contributed by atoms with Gasteiger partial charge in [-0.1, -0.05) is 90.9 Å². The van der Waals surface area contributed by atoms with Gasteiger partial charge in [-0.3, -0.25) is 0 Å². The lowest BCUT2D eigenvalue weighted by Gasteiger charge is -2.30. The van der Waals surface area contributed by atoms with Crippen LogP contribution in [0.1, 0.15) is 117 Å². The summed E-state index contributed by atoms with van der Waals surface area (Å²) in [5.74, 6) is 7.36. The van der Waals surface area contributed by atoms with Gasteiger partial charge in [-0.2, -0.15) is 0 Å². The van der Waals surface area contributed by atoms with E-state index in [1.54, 1.807) is 0 Å². The van der Waals surface area contributed by atoms with Crippen molar-refractivity contribution in [2.24, 2.45) is 11.8 Å². The van der Waals surface area contributed by atoms with Crippen molar-refractivity contribution >= 4 is 0 Å². The molecule has 0 saturated heterocycles. The van der Waals surface area contributed by atoms with Crippen LogP contribution in [0.5, 0.6) is 0 Å². The van der Waals surface area contributed by atoms with Gasteiger partial charge in [0.25, 0.3) is 0 Å². The number of terminal acetylenes is 2. The van der Waals surface area contributed by atoms with Gasteiger partial charge in [0.2, 0.25) is 0 Å². The first-order chi connectivity index (χ1) is 11.8. The van der Waals surface area contributed by atoms with Crippen molar-refractivity contribution < 1.29 is 0 Å². The van der Waals surface area contributed by atoms with Crippen LogP contribution in [0.2, 0.25) is 0 Å². The molecule has 1 aliphatic carbocycles. The highest BCUT2D eigenvalue weighted by Gasteiger charge is 2.22. The van der Waals surface area contributed by atoms with Crippen LogP contribution in [0.25, 0.3) is 0 Å². The molecule has 0 heterocycles. The Morgan fingerprint density at radius 1 is 0.708 bits per heavy atom. The van der Waals surface area contributed by atoms with Crippen molar-refractivity contribution in [3.05, 3.63) is 0 Å². The van der Waals surface area contributed by atoms with Crippen LogP contribution >= 0.6 is 0 Å². The van der Waals surface area contributed by atoms with E-state index < -0.39 is 0 Å². The molecule has 0 aromatic heterocycles. The zero-order valence-corrected chi connectivity index (χ0v) is 16.6. The van der Waals surface area contributed by atoms with Crippen LogP contribution in [-0.4, -0.2) is 0 Å². The Balaban J connectivity index is 0.000000441. The standard InChI is InChI=1S/C12H20.C12H22/c1-3-5-8-12-10-7-6-9-11(12)4-2;1-3-5-7-9-11-12-10-8-6-4-2/h1,11-12H,4-10H2,2H3;1H,4-12H2,2H3. The lowest BCUT2D eigenvalue weighted by molar-refractivity contribution is 0.220. The van der Waals surface area contributed by atoms with E-state index in [1.807, 2.05) is 0 Å². The maximum absolute atomic E-state index is 5.28. The van der Waals surface area contributed by atoms with E-state index in [0.717, 1.165) is 24.7 Å². The fourth-order valence-corrected chi connectivity index (χ4v) is 3.83. The molecule has 0 heteroatoms. The highest BCUT2D eigenvalue weighted by Crippen LogP contribution is 2.34. The monoisotopic (exact) mass is 330 g/mol. The van der Waals surface area contributed by atoms with Crippen LogP contribution in [0.4, 0.5) is 0 Å². The van der Waals surface area contributed by atoms with Crippen LogP contribution < -0.4 is 0 Å². The average molecular weight is 331 g/mol. The molecule has 2 unspecified atom stereocenters. The fraction of sp³-hybridized carbons (Fsp3) is 0.833. The van der Waals surface area contributed by atoms with Gasteiger partial charge in [-0.05, 0) is 24.7 Å². The molecule has 1 rings (SSSR count). The van der Waals surface area contributed by atoms with Crippen LogP contribution in [0.3, 0.4) is 0 Å². The Morgan fingerprint density at radius 3 is 1.79 bits per heavy atom. The summed E-state index contributed by atoms with van der Waals surface area (Å²) in [6, 6.07) is 0. The van der Waals surface area contributed by atoms with E-state index in [2.05, 4.69) is 25.7 Å². The van der Waals surface area contributed by atoms with Gasteiger partial charge in [0.15, 0.2) is 0 Å². The molecule has 0 nitrogen and oxygen atoms in total. The summed E-state index contributed by atoms with van der Waals surface area (Å²) >= 11 is 0. The third-order valence-electron chi connectivity index (χ3n) is 5.43. The van der Waals surface area contributed by atoms with Crippen molar-refractivity contribution in [3.63, 3.8) is 0 Å². The molecular formula is C24H42. The first kappa shape index (κ1) is 23.1. The van der Waals surface area contributed by atoms with Crippen molar-refractivity contribution in [2.45, 2.75) is 117 Å². The normalized spacial score (nSPS) is 19.7. The second-order valence-corrected chi connectivity index (χ2v) is 7.38. The number of rotatable bonds is 11. The molecule has 0 aromatic carbocycles. The molecule has 0 N–H and O–H groups in total. The molecule has 1 aliphatic rings. The lowest BCUT2D eigenvalue weighted by atomic mass is 9.76. The summed E-state index contributed by atoms with van der Waals surface area (Å²) in [5, 5.41) is 0. The molecule has 0 bridgehead atoms. The zero-order chi connectivity index (χ0) is 17.9. The molecule has 0 radical (unpaired) electrons. The first-order valence-corrected chi connectivity index (χ1v) is 10.7. The van der Waals surface area contributed by atoms with Crippen molar-refractivity contribution in [1.29, 1.82) is 0 Å². The third-order valence-corrected chi connectivity index (χ3v) is 5.43. The molecule has 0 amide bonds. The highest BCUT2D eigenvalue weighted by molar-refractivity contribution is 4.86. The molecule has 0 aliphatic heterocycles. The van der Waals surface area contributed by atoms with Crippen molar-refractivity contribution in [2.75, 3.05) is 0 Å². The molecule has 1 fully saturated rings. The minimum atomic E-state index is 0.944. The summed E-state index contributed by atoms with van der Waals surface area (Å²) in [7, 11) is 0. The molecule has 0 aromatic rings. The second-order valence-electron chi connectivity index (χ2n) is 7.38. The SMILES string of the molecule is C#CCCC1CCCCC1CC.C#CCCCCCCCCCC. The van der Waals surface area contributed by atoms with E-state index in [-0.39, 0.29) is 0 Å². The Morgan fingerprint density at radius 2 is 1.25 bits per heavy atom. The number of hydrogen-bond acceptors (Lipinski definition) is 0. The van der Waals surface area contributed by atoms with Crippen molar-refractivity contribution in [3.8, 4) is 24.7 Å². The predicted molar refractivity (Wildman–Crippen MR) is 110 cm³/mol. The average Bonchev–Trinajstić information content (AvgIpc) is 2.63. The van der Waals surface area contributed by atoms with Gasteiger partial charge in [0.1, 0.15) is 0 Å². The van der Waals surface area contributed by atoms with Crippen LogP contribution in [0.15, 0.2) is 0 Å². The quantitative estimate of drug-likeness (QED) is 0.268. The molecule has 138 valence electrons. The summed E-state index contributed by atoms with van der Waals surface area (Å²) < 4.78 is 0. The van der Waals surface area contributed by atoms with Gasteiger partial charge >= 0.3 is 0 Å². The smallest absolute Gasteiger partial charge is 0.00887 e. The summed E-state index contributed by atoms with van der Waals surface area (Å²) in [5.41, 5.74) is 0. The van der Waals surface area contributed by atoms with Gasteiger partial charge in [-0.25, -0.2) is 0 Å². The lowest BCUT2D eigenvalue weighted by Crippen LogP contribution is -2.18. The van der Waals surface area contributed by atoms with Crippen LogP contribution in [-0.2, 0) is 0 Å². The Hall–Kier alpha value is -0.880. The Kier molecular flexibility index (Phi) is 17.8. The van der Waals surface area contributed by atoms with Gasteiger partial charge in [0, 0.05) is 12.8 Å². The minimum Gasteiger partial charge on any atom is -0.120 e. The fourth-order valence-electron chi connectivity index (χ4n) is 3.83. The molecule has 2 atom stereocenters. The Labute approximate surface area is 153 Å². The predicted octanol–water partition coefficient (Wildman–Crippen LogP) is 7.77. The topological polar surface area (TPSA) is 0 Å². The van der Waals surface area contributed by atoms with Gasteiger partial charge < -0.3 is 0 Å². The van der Waals surface area contributed by atoms with E-state index in [9.17, 15) is 0 Å². The minimum absolute atomic E-state index is 0.944. The molecular weight excluding hydrogens is 288 g/mol. The van der Waals surface area contributed by atoms with Gasteiger partial charge in [-0.15, -0.1) is 24.7 Å². The zero-order valence-electron chi connectivity index (χ0n) is 16.6. The van der Waals surface area contributed by atoms with Crippen molar-refractivity contribution in [1.82, 2.24) is 0 Å². The van der Waals surface area contributed by atoms with Gasteiger partial charge in [0.05, 0.1) is 0 Å². The maximum atomic E-state index is 5.28. The van der Waals surface area contributed by atoms with E-state index >= 15 is 0 Å². The number of hydrogen-bond donors (Lipinski definition) is 0. The van der Waals surface area contributed by atoms with E-state index in [0.29, 0.717) is 0 Å². The van der Waals surface area contributed by atoms with E-state index in [1.165, 1.54) is 89.9 Å². The molecule has 0 spiro atoms.